The van der Waals surface area contributed by atoms with E-state index < -0.39 is 71.4 Å². The van der Waals surface area contributed by atoms with Gasteiger partial charge in [-0.2, -0.15) is 53.9 Å². The van der Waals surface area contributed by atoms with Crippen LogP contribution < -0.4 is 15.4 Å². The molecule has 0 fully saturated rings. The molecular weight excluding hydrogens is 858 g/mol. The molecule has 0 unspecified atom stereocenters. The average Bonchev–Trinajstić information content (AvgIpc) is 3.11. The summed E-state index contributed by atoms with van der Waals surface area (Å²) in [5, 5.41) is 21.4. The molecule has 0 amide bonds. The number of aryl methyl sites for hydroxylation is 1. The van der Waals surface area contributed by atoms with Crippen molar-refractivity contribution in [2.24, 2.45) is 20.5 Å². The largest absolute Gasteiger partial charge is 0.494 e. The molecule has 0 saturated carbocycles. The molecular formula is C30H26ClN9O13S4. The number of benzene rings is 4. The van der Waals surface area contributed by atoms with E-state index in [0.29, 0.717) is 16.9 Å². The number of hydrogen-bond acceptors (Lipinski definition) is 18. The molecule has 27 heteroatoms. The summed E-state index contributed by atoms with van der Waals surface area (Å²) >= 11 is 6.03. The number of methoxy groups -OCH3 is 1. The van der Waals surface area contributed by atoms with Gasteiger partial charge >= 0.3 is 0 Å². The standard InChI is InChI=1S/C30H26ClN9O13S4/c1-16-11-22(25(53-2)14-21(16)38-40-24-13-20(55(44,45)46)8-10-27(24)57(50,51)52)39-37-18-5-3-17(4-6-18)32-15-28-34-29(31)36-30(35-28)33-23-12-19(54(41,42)43)7-9-26(23)56(47,48)49/h3-14,32H,15H2,1-2H3,(H,41,42,43)(H,44,45,46)(H,47,48,49)(H,50,51,52)(H,33,34,35,36). The van der Waals surface area contributed by atoms with E-state index in [-0.39, 0.29) is 40.7 Å². The summed E-state index contributed by atoms with van der Waals surface area (Å²) in [5.74, 6) is -0.0986. The van der Waals surface area contributed by atoms with Crippen molar-refractivity contribution in [2.45, 2.75) is 33.1 Å². The molecule has 1 heterocycles. The molecule has 4 aromatic carbocycles. The molecule has 0 aliphatic heterocycles. The molecule has 5 aromatic rings. The molecule has 0 spiro atoms. The monoisotopic (exact) mass is 883 g/mol. The molecule has 0 bridgehead atoms. The second kappa shape index (κ2) is 16.5. The van der Waals surface area contributed by atoms with E-state index in [9.17, 15) is 51.9 Å². The highest BCUT2D eigenvalue weighted by atomic mass is 35.5. The van der Waals surface area contributed by atoms with Gasteiger partial charge in [0.25, 0.3) is 40.5 Å². The maximum atomic E-state index is 11.9. The number of aromatic nitrogens is 3. The predicted molar refractivity (Wildman–Crippen MR) is 200 cm³/mol. The van der Waals surface area contributed by atoms with Crippen molar-refractivity contribution in [2.75, 3.05) is 17.7 Å². The molecule has 1 aromatic heterocycles. The van der Waals surface area contributed by atoms with Gasteiger partial charge in [0.2, 0.25) is 11.2 Å². The minimum atomic E-state index is -4.86. The summed E-state index contributed by atoms with van der Waals surface area (Å²) in [5.41, 5.74) is 0.769. The van der Waals surface area contributed by atoms with Gasteiger partial charge in [-0.15, -0.1) is 10.2 Å². The van der Waals surface area contributed by atoms with Crippen LogP contribution in [0.15, 0.2) is 113 Å². The van der Waals surface area contributed by atoms with E-state index in [1.165, 1.54) is 19.2 Å². The van der Waals surface area contributed by atoms with E-state index in [4.69, 9.17) is 16.3 Å². The average molecular weight is 884 g/mol. The summed E-state index contributed by atoms with van der Waals surface area (Å²) in [7, 11) is -17.9. The van der Waals surface area contributed by atoms with Gasteiger partial charge in [0.05, 0.1) is 40.5 Å². The number of ether oxygens (including phenoxy) is 1. The van der Waals surface area contributed by atoms with Crippen LogP contribution in [0.4, 0.5) is 40.1 Å². The smallest absolute Gasteiger partial charge is 0.296 e. The second-order valence-corrected chi connectivity index (χ2v) is 17.2. The van der Waals surface area contributed by atoms with Gasteiger partial charge in [0.15, 0.2) is 5.82 Å². The van der Waals surface area contributed by atoms with Crippen LogP contribution in [0.5, 0.6) is 5.75 Å². The zero-order valence-corrected chi connectivity index (χ0v) is 32.8. The lowest BCUT2D eigenvalue weighted by molar-refractivity contribution is 0.416. The predicted octanol–water partition coefficient (Wildman–Crippen LogP) is 6.02. The zero-order chi connectivity index (χ0) is 41.9. The van der Waals surface area contributed by atoms with E-state index in [1.807, 2.05) is 0 Å². The van der Waals surface area contributed by atoms with Gasteiger partial charge in [-0.05, 0) is 90.8 Å². The first kappa shape index (κ1) is 42.6. The third kappa shape index (κ3) is 11.1. The Hall–Kier alpha value is -5.58. The summed E-state index contributed by atoms with van der Waals surface area (Å²) < 4.78 is 137. The van der Waals surface area contributed by atoms with Gasteiger partial charge in [-0.1, -0.05) is 0 Å². The lowest BCUT2D eigenvalue weighted by Crippen LogP contribution is -2.10. The fourth-order valence-electron chi connectivity index (χ4n) is 4.65. The molecule has 0 radical (unpaired) electrons. The molecule has 57 heavy (non-hydrogen) atoms. The maximum Gasteiger partial charge on any atom is 0.296 e. The molecule has 0 aliphatic rings. The number of anilines is 3. The number of nitrogens with one attached hydrogen (secondary N) is 2. The number of nitrogens with zero attached hydrogens (tertiary/aromatic N) is 7. The van der Waals surface area contributed by atoms with Crippen molar-refractivity contribution in [3.8, 4) is 5.75 Å². The molecule has 300 valence electrons. The Morgan fingerprint density at radius 3 is 1.82 bits per heavy atom. The van der Waals surface area contributed by atoms with Crippen LogP contribution in [0.25, 0.3) is 0 Å². The van der Waals surface area contributed by atoms with Gasteiger partial charge in [-0.3, -0.25) is 18.2 Å². The summed E-state index contributed by atoms with van der Waals surface area (Å²) in [4.78, 5) is 9.12. The van der Waals surface area contributed by atoms with Crippen molar-refractivity contribution in [1.29, 1.82) is 0 Å². The first-order chi connectivity index (χ1) is 26.5. The molecule has 6 N–H and O–H groups in total. The van der Waals surface area contributed by atoms with Crippen molar-refractivity contribution >= 4 is 92.1 Å². The Labute approximate surface area is 328 Å². The first-order valence-electron chi connectivity index (χ1n) is 15.2. The first-order valence-corrected chi connectivity index (χ1v) is 21.4. The van der Waals surface area contributed by atoms with Gasteiger partial charge < -0.3 is 15.4 Å². The number of hydrogen-bond donors (Lipinski definition) is 6. The summed E-state index contributed by atoms with van der Waals surface area (Å²) in [6, 6.07) is 13.9. The van der Waals surface area contributed by atoms with Crippen LogP contribution in [-0.4, -0.2) is 73.9 Å². The van der Waals surface area contributed by atoms with Crippen LogP contribution in [0.3, 0.4) is 0 Å². The molecule has 22 nitrogen and oxygen atoms in total. The molecule has 0 aliphatic carbocycles. The topological polar surface area (TPSA) is 339 Å². The third-order valence-corrected chi connectivity index (χ3v) is 11.0. The Balaban J connectivity index is 1.30. The fraction of sp³-hybridized carbons (Fsp3) is 0.100. The van der Waals surface area contributed by atoms with E-state index in [2.05, 4.69) is 46.0 Å². The molecule has 0 atom stereocenters. The van der Waals surface area contributed by atoms with Crippen LogP contribution >= 0.6 is 11.6 Å². The van der Waals surface area contributed by atoms with E-state index in [1.54, 1.807) is 31.2 Å². The summed E-state index contributed by atoms with van der Waals surface area (Å²) in [6.07, 6.45) is 0. The quantitative estimate of drug-likeness (QED) is 0.0548. The second-order valence-electron chi connectivity index (χ2n) is 11.3. The van der Waals surface area contributed by atoms with Crippen molar-refractivity contribution in [3.05, 3.63) is 89.5 Å². The maximum absolute atomic E-state index is 11.9. The molecule has 5 rings (SSSR count). The zero-order valence-electron chi connectivity index (χ0n) is 28.7. The lowest BCUT2D eigenvalue weighted by atomic mass is 10.1. The highest BCUT2D eigenvalue weighted by molar-refractivity contribution is 7.87. The van der Waals surface area contributed by atoms with Crippen molar-refractivity contribution in [3.63, 3.8) is 0 Å². The van der Waals surface area contributed by atoms with Crippen molar-refractivity contribution in [1.82, 2.24) is 15.0 Å². The Kier molecular flexibility index (Phi) is 12.3. The van der Waals surface area contributed by atoms with Crippen LogP contribution in [0.2, 0.25) is 5.28 Å². The minimum absolute atomic E-state index is 0.0444. The van der Waals surface area contributed by atoms with E-state index >= 15 is 0 Å². The van der Waals surface area contributed by atoms with Gasteiger partial charge in [-0.25, -0.2) is 4.98 Å². The fourth-order valence-corrected chi connectivity index (χ4v) is 7.07. The Bertz CT molecular complexity index is 2900. The minimum Gasteiger partial charge on any atom is -0.494 e. The SMILES string of the molecule is COc1cc(N=Nc2cc(S(=O)(=O)O)ccc2S(=O)(=O)O)c(C)cc1N=Nc1ccc(NCc2nc(Cl)nc(Nc3cc(S(=O)(=O)O)ccc3S(=O)(=O)O)n2)cc1. The Morgan fingerprint density at radius 2 is 1.23 bits per heavy atom. The summed E-state index contributed by atoms with van der Waals surface area (Å²) in [6.45, 7) is 1.57. The van der Waals surface area contributed by atoms with Crippen molar-refractivity contribution < 1.29 is 56.6 Å². The highest BCUT2D eigenvalue weighted by Gasteiger charge is 2.22. The van der Waals surface area contributed by atoms with Gasteiger partial charge in [0.1, 0.15) is 26.9 Å². The number of azo groups is 2. The van der Waals surface area contributed by atoms with Crippen LogP contribution in [0, 0.1) is 6.92 Å². The van der Waals surface area contributed by atoms with Crippen LogP contribution in [0.1, 0.15) is 11.4 Å². The lowest BCUT2D eigenvalue weighted by Gasteiger charge is -2.12. The normalized spacial score (nSPS) is 12.6. The number of halogens is 1. The number of rotatable bonds is 14. The molecule has 0 saturated heterocycles. The van der Waals surface area contributed by atoms with E-state index in [0.717, 1.165) is 36.4 Å². The van der Waals surface area contributed by atoms with Crippen LogP contribution in [-0.2, 0) is 47.0 Å². The Morgan fingerprint density at radius 1 is 0.649 bits per heavy atom. The highest BCUT2D eigenvalue weighted by Crippen LogP contribution is 2.37. The van der Waals surface area contributed by atoms with Gasteiger partial charge in [0, 0.05) is 11.8 Å². The third-order valence-electron chi connectivity index (χ3n) is 7.29.